The molecule has 36 heavy (non-hydrogen) atoms. The van der Waals surface area contributed by atoms with E-state index >= 15 is 0 Å². The topological polar surface area (TPSA) is 62.5 Å². The number of carbonyl (C=O) groups excluding carboxylic acids is 1. The minimum Gasteiger partial charge on any atom is -0.478 e. The molecule has 0 radical (unpaired) electrons. The standard InChI is InChI=1S/C28H23F3N2O3/c29-28(30,31)21-11-9-19(10-12-21)26(34)32-15-14-23-22-3-1-2-4-24(22)33(25(23)17-32)16-13-18-5-7-20(8-6-18)27(35)36/h1-12H,13-17H2,(H,35,36). The van der Waals surface area contributed by atoms with Gasteiger partial charge in [-0.1, -0.05) is 30.3 Å². The van der Waals surface area contributed by atoms with Crippen LogP contribution in [0.15, 0.2) is 72.8 Å². The van der Waals surface area contributed by atoms with Crippen molar-refractivity contribution in [3.8, 4) is 0 Å². The van der Waals surface area contributed by atoms with E-state index in [1.54, 1.807) is 17.0 Å². The Morgan fingerprint density at radius 3 is 2.22 bits per heavy atom. The number of benzene rings is 3. The fourth-order valence-corrected chi connectivity index (χ4v) is 4.86. The number of aromatic nitrogens is 1. The van der Waals surface area contributed by atoms with Crippen LogP contribution in [0.25, 0.3) is 10.9 Å². The van der Waals surface area contributed by atoms with Gasteiger partial charge in [-0.3, -0.25) is 4.79 Å². The molecule has 0 atom stereocenters. The SMILES string of the molecule is O=C(O)c1ccc(CCn2c3c(c4ccccc42)CCN(C(=O)c2ccc(C(F)(F)F)cc2)C3)cc1. The van der Waals surface area contributed by atoms with Crippen LogP contribution in [-0.4, -0.2) is 33.0 Å². The third-order valence-electron chi connectivity index (χ3n) is 6.74. The smallest absolute Gasteiger partial charge is 0.416 e. The van der Waals surface area contributed by atoms with Crippen molar-refractivity contribution in [2.75, 3.05) is 6.54 Å². The number of nitrogens with zero attached hydrogens (tertiary/aromatic N) is 2. The van der Waals surface area contributed by atoms with Gasteiger partial charge in [-0.05, 0) is 66.4 Å². The van der Waals surface area contributed by atoms with Gasteiger partial charge in [-0.25, -0.2) is 4.79 Å². The summed E-state index contributed by atoms with van der Waals surface area (Å²) in [6.07, 6.45) is -3.11. The van der Waals surface area contributed by atoms with Gasteiger partial charge < -0.3 is 14.6 Å². The van der Waals surface area contributed by atoms with Crippen molar-refractivity contribution in [1.29, 1.82) is 0 Å². The number of aryl methyl sites for hydroxylation is 2. The lowest BCUT2D eigenvalue weighted by Gasteiger charge is -2.29. The molecule has 3 aromatic carbocycles. The van der Waals surface area contributed by atoms with Crippen LogP contribution in [0.4, 0.5) is 13.2 Å². The highest BCUT2D eigenvalue weighted by molar-refractivity contribution is 5.95. The Kier molecular flexibility index (Phi) is 6.04. The summed E-state index contributed by atoms with van der Waals surface area (Å²) in [6, 6.07) is 19.2. The molecule has 1 N–H and O–H groups in total. The molecule has 0 spiro atoms. The van der Waals surface area contributed by atoms with Gasteiger partial charge in [0.25, 0.3) is 5.91 Å². The minimum atomic E-state index is -4.45. The fraction of sp³-hybridized carbons (Fsp3) is 0.214. The van der Waals surface area contributed by atoms with Crippen molar-refractivity contribution in [2.45, 2.75) is 32.1 Å². The number of hydrogen-bond acceptors (Lipinski definition) is 2. The third-order valence-corrected chi connectivity index (χ3v) is 6.74. The summed E-state index contributed by atoms with van der Waals surface area (Å²) in [7, 11) is 0. The zero-order valence-electron chi connectivity index (χ0n) is 19.3. The highest BCUT2D eigenvalue weighted by Crippen LogP contribution is 2.33. The zero-order chi connectivity index (χ0) is 25.4. The average Bonchev–Trinajstić information content (AvgIpc) is 3.19. The molecular weight excluding hydrogens is 469 g/mol. The van der Waals surface area contributed by atoms with E-state index in [1.165, 1.54) is 17.7 Å². The molecule has 0 fully saturated rings. The molecule has 4 aromatic rings. The van der Waals surface area contributed by atoms with E-state index in [2.05, 4.69) is 10.6 Å². The van der Waals surface area contributed by atoms with Crippen LogP contribution < -0.4 is 0 Å². The van der Waals surface area contributed by atoms with Gasteiger partial charge in [0.1, 0.15) is 0 Å². The lowest BCUT2D eigenvalue weighted by molar-refractivity contribution is -0.137. The van der Waals surface area contributed by atoms with E-state index in [-0.39, 0.29) is 17.0 Å². The molecule has 8 heteroatoms. The molecule has 0 unspecified atom stereocenters. The van der Waals surface area contributed by atoms with E-state index in [1.807, 2.05) is 30.3 Å². The molecular formula is C28H23F3N2O3. The molecule has 1 aromatic heterocycles. The van der Waals surface area contributed by atoms with Gasteiger partial charge >= 0.3 is 12.1 Å². The van der Waals surface area contributed by atoms with Crippen molar-refractivity contribution < 1.29 is 27.9 Å². The first-order valence-electron chi connectivity index (χ1n) is 11.6. The van der Waals surface area contributed by atoms with Gasteiger partial charge in [0.2, 0.25) is 0 Å². The third kappa shape index (κ3) is 4.46. The van der Waals surface area contributed by atoms with E-state index in [9.17, 15) is 22.8 Å². The Bertz CT molecular complexity index is 1440. The van der Waals surface area contributed by atoms with E-state index < -0.39 is 17.7 Å². The number of rotatable bonds is 5. The highest BCUT2D eigenvalue weighted by atomic mass is 19.4. The second kappa shape index (κ2) is 9.18. The second-order valence-electron chi connectivity index (χ2n) is 8.90. The van der Waals surface area contributed by atoms with Crippen molar-refractivity contribution in [1.82, 2.24) is 9.47 Å². The van der Waals surface area contributed by atoms with Crippen LogP contribution >= 0.6 is 0 Å². The number of para-hydroxylation sites is 1. The van der Waals surface area contributed by atoms with Gasteiger partial charge in [-0.2, -0.15) is 13.2 Å². The van der Waals surface area contributed by atoms with Crippen LogP contribution in [0.1, 0.15) is 43.1 Å². The molecule has 0 saturated carbocycles. The van der Waals surface area contributed by atoms with Crippen LogP contribution in [0.2, 0.25) is 0 Å². The molecule has 1 amide bonds. The Morgan fingerprint density at radius 1 is 0.889 bits per heavy atom. The summed E-state index contributed by atoms with van der Waals surface area (Å²) < 4.78 is 40.9. The summed E-state index contributed by atoms with van der Waals surface area (Å²) in [5.74, 6) is -1.26. The quantitative estimate of drug-likeness (QED) is 0.383. The molecule has 2 heterocycles. The largest absolute Gasteiger partial charge is 0.478 e. The van der Waals surface area contributed by atoms with Crippen molar-refractivity contribution in [2.24, 2.45) is 0 Å². The number of carboxylic acid groups (broad SMARTS) is 1. The maximum absolute atomic E-state index is 13.2. The van der Waals surface area contributed by atoms with E-state index in [0.717, 1.165) is 34.3 Å². The predicted molar refractivity (Wildman–Crippen MR) is 129 cm³/mol. The minimum absolute atomic E-state index is 0.229. The van der Waals surface area contributed by atoms with Crippen molar-refractivity contribution >= 4 is 22.8 Å². The molecule has 5 rings (SSSR count). The Morgan fingerprint density at radius 2 is 1.56 bits per heavy atom. The maximum atomic E-state index is 13.2. The van der Waals surface area contributed by atoms with Crippen LogP contribution in [0.5, 0.6) is 0 Å². The van der Waals surface area contributed by atoms with Crippen LogP contribution in [0, 0.1) is 0 Å². The van der Waals surface area contributed by atoms with E-state index in [4.69, 9.17) is 5.11 Å². The molecule has 1 aliphatic heterocycles. The number of aromatic carboxylic acids is 1. The number of carbonyl (C=O) groups is 2. The summed E-state index contributed by atoms with van der Waals surface area (Å²) >= 11 is 0. The fourth-order valence-electron chi connectivity index (χ4n) is 4.86. The molecule has 184 valence electrons. The molecule has 5 nitrogen and oxygen atoms in total. The first kappa shape index (κ1) is 23.7. The first-order valence-corrected chi connectivity index (χ1v) is 11.6. The normalized spacial score (nSPS) is 13.6. The predicted octanol–water partition coefficient (Wildman–Crippen LogP) is 5.80. The second-order valence-corrected chi connectivity index (χ2v) is 8.90. The number of fused-ring (bicyclic) bond motifs is 3. The lowest BCUT2D eigenvalue weighted by Crippen LogP contribution is -2.36. The zero-order valence-corrected chi connectivity index (χ0v) is 19.3. The van der Waals surface area contributed by atoms with E-state index in [0.29, 0.717) is 32.5 Å². The lowest BCUT2D eigenvalue weighted by atomic mass is 10.0. The maximum Gasteiger partial charge on any atom is 0.416 e. The summed E-state index contributed by atoms with van der Waals surface area (Å²) in [6.45, 7) is 1.49. The van der Waals surface area contributed by atoms with Gasteiger partial charge in [0, 0.05) is 35.2 Å². The summed E-state index contributed by atoms with van der Waals surface area (Å²) in [5, 5.41) is 10.3. The van der Waals surface area contributed by atoms with Gasteiger partial charge in [0.15, 0.2) is 0 Å². The molecule has 0 aliphatic carbocycles. The number of alkyl halides is 3. The van der Waals surface area contributed by atoms with Gasteiger partial charge in [0.05, 0.1) is 17.7 Å². The molecule has 0 bridgehead atoms. The molecule has 1 aliphatic rings. The number of halogens is 3. The first-order chi connectivity index (χ1) is 17.2. The number of hydrogen-bond donors (Lipinski definition) is 1. The van der Waals surface area contributed by atoms with Crippen LogP contribution in [0.3, 0.4) is 0 Å². The summed E-state index contributed by atoms with van der Waals surface area (Å²) in [5.41, 5.74) is 3.95. The molecule has 0 saturated heterocycles. The average molecular weight is 492 g/mol. The highest BCUT2D eigenvalue weighted by Gasteiger charge is 2.31. The van der Waals surface area contributed by atoms with Gasteiger partial charge in [-0.15, -0.1) is 0 Å². The Labute approximate surface area is 205 Å². The van der Waals surface area contributed by atoms with Crippen LogP contribution in [-0.2, 0) is 32.1 Å². The monoisotopic (exact) mass is 492 g/mol. The summed E-state index contributed by atoms with van der Waals surface area (Å²) in [4.78, 5) is 26.0. The van der Waals surface area contributed by atoms with Crippen molar-refractivity contribution in [3.63, 3.8) is 0 Å². The Balaban J connectivity index is 1.41. The number of carboxylic acids is 1. The van der Waals surface area contributed by atoms with Crippen molar-refractivity contribution in [3.05, 3.63) is 106 Å². The number of amides is 1. The Hall–Kier alpha value is -4.07.